The van der Waals surface area contributed by atoms with Gasteiger partial charge in [0.1, 0.15) is 6.61 Å². The Kier molecular flexibility index (Phi) is 6.48. The highest BCUT2D eigenvalue weighted by atomic mass is 35.5. The Hall–Kier alpha value is -0.930. The molecule has 0 N–H and O–H groups in total. The number of benzene rings is 1. The van der Waals surface area contributed by atoms with Crippen LogP contribution in [0.1, 0.15) is 25.7 Å². The summed E-state index contributed by atoms with van der Waals surface area (Å²) >= 11 is 6.09. The van der Waals surface area contributed by atoms with Gasteiger partial charge >= 0.3 is 0 Å². The van der Waals surface area contributed by atoms with Crippen LogP contribution in [0, 0.1) is 0 Å². The quantitative estimate of drug-likeness (QED) is 0.750. The maximum atomic E-state index is 6.09. The van der Waals surface area contributed by atoms with Gasteiger partial charge in [-0.1, -0.05) is 25.0 Å². The summed E-state index contributed by atoms with van der Waals surface area (Å²) < 4.78 is 11.1. The van der Waals surface area contributed by atoms with Gasteiger partial charge in [-0.2, -0.15) is 0 Å². The number of likely N-dealkylation sites (tertiary alicyclic amines) is 1. The topological polar surface area (TPSA) is 21.7 Å². The number of hydrogen-bond acceptors (Lipinski definition) is 3. The smallest absolute Gasteiger partial charge is 0.161 e. The van der Waals surface area contributed by atoms with Crippen LogP contribution in [0.25, 0.3) is 0 Å². The summed E-state index contributed by atoms with van der Waals surface area (Å²) in [5.41, 5.74) is 0. The molecule has 1 aliphatic heterocycles. The minimum absolute atomic E-state index is 0.500. The monoisotopic (exact) mass is 297 g/mol. The van der Waals surface area contributed by atoms with Crippen molar-refractivity contribution in [3.63, 3.8) is 0 Å². The lowest BCUT2D eigenvalue weighted by Gasteiger charge is -2.28. The van der Waals surface area contributed by atoms with Crippen molar-refractivity contribution >= 4 is 11.6 Å². The van der Waals surface area contributed by atoms with Crippen LogP contribution in [0.5, 0.6) is 11.5 Å². The molecule has 0 bridgehead atoms. The Bertz CT molecular complexity index is 400. The zero-order valence-electron chi connectivity index (χ0n) is 12.2. The standard InChI is InChI=1S/C16H24ClNO2/c1-19-15-8-4-5-9-16(15)20-12-11-18-10-6-2-3-7-14(18)13-17/h4-5,8-9,14H,2-3,6-7,10-13H2,1H3. The van der Waals surface area contributed by atoms with Crippen molar-refractivity contribution in [2.24, 2.45) is 0 Å². The highest BCUT2D eigenvalue weighted by Gasteiger charge is 2.19. The van der Waals surface area contributed by atoms with Gasteiger partial charge in [0.15, 0.2) is 11.5 Å². The zero-order chi connectivity index (χ0) is 14.2. The number of ether oxygens (including phenoxy) is 2. The van der Waals surface area contributed by atoms with Crippen molar-refractivity contribution in [1.29, 1.82) is 0 Å². The zero-order valence-corrected chi connectivity index (χ0v) is 12.9. The van der Waals surface area contributed by atoms with Crippen molar-refractivity contribution < 1.29 is 9.47 Å². The second-order valence-electron chi connectivity index (χ2n) is 5.19. The van der Waals surface area contributed by atoms with Crippen LogP contribution in [0.4, 0.5) is 0 Å². The van der Waals surface area contributed by atoms with E-state index in [4.69, 9.17) is 21.1 Å². The predicted octanol–water partition coefficient (Wildman–Crippen LogP) is 3.56. The Morgan fingerprint density at radius 3 is 2.75 bits per heavy atom. The van der Waals surface area contributed by atoms with E-state index in [1.807, 2.05) is 24.3 Å². The molecule has 2 rings (SSSR count). The fraction of sp³-hybridized carbons (Fsp3) is 0.625. The van der Waals surface area contributed by atoms with Crippen LogP contribution >= 0.6 is 11.6 Å². The molecule has 3 nitrogen and oxygen atoms in total. The van der Waals surface area contributed by atoms with Gasteiger partial charge in [-0.25, -0.2) is 0 Å². The Morgan fingerprint density at radius 1 is 1.20 bits per heavy atom. The third-order valence-electron chi connectivity index (χ3n) is 3.88. The lowest BCUT2D eigenvalue weighted by atomic mass is 10.1. The van der Waals surface area contributed by atoms with E-state index in [1.54, 1.807) is 7.11 Å². The number of alkyl halides is 1. The Balaban J connectivity index is 1.84. The largest absolute Gasteiger partial charge is 0.493 e. The molecular weight excluding hydrogens is 274 g/mol. The van der Waals surface area contributed by atoms with Crippen molar-refractivity contribution in [1.82, 2.24) is 4.90 Å². The Morgan fingerprint density at radius 2 is 2.00 bits per heavy atom. The molecule has 1 fully saturated rings. The average molecular weight is 298 g/mol. The van der Waals surface area contributed by atoms with Crippen LogP contribution < -0.4 is 9.47 Å². The molecule has 0 saturated carbocycles. The highest BCUT2D eigenvalue weighted by molar-refractivity contribution is 6.18. The van der Waals surface area contributed by atoms with E-state index >= 15 is 0 Å². The second-order valence-corrected chi connectivity index (χ2v) is 5.50. The minimum atomic E-state index is 0.500. The summed E-state index contributed by atoms with van der Waals surface area (Å²) in [6.07, 6.45) is 5.08. The third-order valence-corrected chi connectivity index (χ3v) is 4.24. The normalized spacial score (nSPS) is 20.4. The van der Waals surface area contributed by atoms with Crippen molar-refractivity contribution in [3.8, 4) is 11.5 Å². The maximum Gasteiger partial charge on any atom is 0.161 e. The number of rotatable bonds is 6. The molecule has 0 aromatic heterocycles. The fourth-order valence-electron chi connectivity index (χ4n) is 2.72. The van der Waals surface area contributed by atoms with E-state index in [-0.39, 0.29) is 0 Å². The summed E-state index contributed by atoms with van der Waals surface area (Å²) in [5, 5.41) is 0. The second kappa shape index (κ2) is 8.38. The van der Waals surface area contributed by atoms with E-state index in [2.05, 4.69) is 4.90 Å². The molecule has 1 heterocycles. The fourth-order valence-corrected chi connectivity index (χ4v) is 3.07. The van der Waals surface area contributed by atoms with Gasteiger partial charge in [-0.05, 0) is 31.5 Å². The third kappa shape index (κ3) is 4.29. The number of hydrogen-bond donors (Lipinski definition) is 0. The molecule has 1 atom stereocenters. The lowest BCUT2D eigenvalue weighted by Crippen LogP contribution is -2.39. The van der Waals surface area contributed by atoms with Crippen LogP contribution in [0.15, 0.2) is 24.3 Å². The first-order valence-electron chi connectivity index (χ1n) is 7.41. The predicted molar refractivity (Wildman–Crippen MR) is 83.0 cm³/mol. The summed E-state index contributed by atoms with van der Waals surface area (Å²) in [5.74, 6) is 2.32. The molecule has 1 saturated heterocycles. The van der Waals surface area contributed by atoms with Crippen LogP contribution in [0.3, 0.4) is 0 Å². The molecule has 0 aliphatic carbocycles. The minimum Gasteiger partial charge on any atom is -0.493 e. The SMILES string of the molecule is COc1ccccc1OCCN1CCCCCC1CCl. The van der Waals surface area contributed by atoms with E-state index < -0.39 is 0 Å². The molecule has 4 heteroatoms. The lowest BCUT2D eigenvalue weighted by molar-refractivity contribution is 0.170. The first-order valence-corrected chi connectivity index (χ1v) is 7.94. The first-order chi connectivity index (χ1) is 9.85. The van der Waals surface area contributed by atoms with Crippen LogP contribution in [-0.4, -0.2) is 43.6 Å². The van der Waals surface area contributed by atoms with E-state index in [1.165, 1.54) is 25.7 Å². The van der Waals surface area contributed by atoms with Gasteiger partial charge in [0.05, 0.1) is 7.11 Å². The van der Waals surface area contributed by atoms with Gasteiger partial charge in [-0.3, -0.25) is 4.90 Å². The molecule has 1 aromatic carbocycles. The molecule has 112 valence electrons. The summed E-state index contributed by atoms with van der Waals surface area (Å²) in [4.78, 5) is 2.47. The van der Waals surface area contributed by atoms with Crippen molar-refractivity contribution in [2.75, 3.05) is 32.7 Å². The first kappa shape index (κ1) is 15.5. The van der Waals surface area contributed by atoms with Gasteiger partial charge in [0.25, 0.3) is 0 Å². The molecule has 1 aliphatic rings. The molecule has 1 unspecified atom stereocenters. The van der Waals surface area contributed by atoms with Gasteiger partial charge in [-0.15, -0.1) is 11.6 Å². The summed E-state index contributed by atoms with van der Waals surface area (Å²) in [6.45, 7) is 2.73. The number of halogens is 1. The van der Waals surface area contributed by atoms with Crippen LogP contribution in [0.2, 0.25) is 0 Å². The molecule has 0 radical (unpaired) electrons. The molecule has 0 spiro atoms. The number of nitrogens with zero attached hydrogens (tertiary/aromatic N) is 1. The van der Waals surface area contributed by atoms with Crippen molar-refractivity contribution in [2.45, 2.75) is 31.7 Å². The van der Waals surface area contributed by atoms with E-state index in [9.17, 15) is 0 Å². The maximum absolute atomic E-state index is 6.09. The highest BCUT2D eigenvalue weighted by Crippen LogP contribution is 2.26. The van der Waals surface area contributed by atoms with Gasteiger partial charge in [0, 0.05) is 18.5 Å². The molecular formula is C16H24ClNO2. The van der Waals surface area contributed by atoms with Crippen LogP contribution in [-0.2, 0) is 0 Å². The molecule has 0 amide bonds. The summed E-state index contributed by atoms with van der Waals surface area (Å²) in [6, 6.07) is 8.28. The van der Waals surface area contributed by atoms with E-state index in [0.717, 1.165) is 24.6 Å². The van der Waals surface area contributed by atoms with E-state index in [0.29, 0.717) is 18.5 Å². The average Bonchev–Trinajstić information content (AvgIpc) is 2.72. The summed E-state index contributed by atoms with van der Waals surface area (Å²) in [7, 11) is 1.67. The number of para-hydroxylation sites is 2. The Labute approximate surface area is 126 Å². The molecule has 1 aromatic rings. The van der Waals surface area contributed by atoms with Gasteiger partial charge < -0.3 is 9.47 Å². The number of methoxy groups -OCH3 is 1. The molecule has 20 heavy (non-hydrogen) atoms. The van der Waals surface area contributed by atoms with Crippen molar-refractivity contribution in [3.05, 3.63) is 24.3 Å². The van der Waals surface area contributed by atoms with Gasteiger partial charge in [0.2, 0.25) is 0 Å².